The van der Waals surface area contributed by atoms with Gasteiger partial charge in [0.05, 0.1) is 0 Å². The van der Waals surface area contributed by atoms with E-state index in [0.717, 1.165) is 28.0 Å². The number of carboxylic acids is 1. The Balaban J connectivity index is 2.50. The van der Waals surface area contributed by atoms with E-state index < -0.39 is 5.97 Å². The van der Waals surface area contributed by atoms with Gasteiger partial charge in [-0.3, -0.25) is 0 Å². The lowest BCUT2D eigenvalue weighted by Crippen LogP contribution is -2.09. The highest BCUT2D eigenvalue weighted by atomic mass is 16.4. The smallest absolute Gasteiger partial charge is 0.328 e. The van der Waals surface area contributed by atoms with Crippen molar-refractivity contribution in [2.24, 2.45) is 0 Å². The Hall–Kier alpha value is -2.55. The lowest BCUT2D eigenvalue weighted by molar-refractivity contribution is -0.131. The molecule has 0 saturated carbocycles. The zero-order chi connectivity index (χ0) is 15.4. The summed E-state index contributed by atoms with van der Waals surface area (Å²) in [5.74, 6) is -0.924. The van der Waals surface area contributed by atoms with E-state index >= 15 is 0 Å². The first-order chi connectivity index (χ1) is 9.99. The number of nitrogens with zero attached hydrogens (tertiary/aromatic N) is 1. The molecule has 2 rings (SSSR count). The fraction of sp³-hybridized carbons (Fsp3) is 0.167. The summed E-state index contributed by atoms with van der Waals surface area (Å²) in [5, 5.41) is 8.87. The summed E-state index contributed by atoms with van der Waals surface area (Å²) in [7, 11) is 4.02. The third-order valence-corrected chi connectivity index (χ3v) is 3.35. The highest BCUT2D eigenvalue weighted by Gasteiger charge is 2.07. The number of hydrogen-bond acceptors (Lipinski definition) is 2. The molecule has 2 aromatic rings. The maximum atomic E-state index is 10.8. The molecule has 1 N–H and O–H groups in total. The largest absolute Gasteiger partial charge is 0.478 e. The summed E-state index contributed by atoms with van der Waals surface area (Å²) in [4.78, 5) is 12.9. The molecule has 0 fully saturated rings. The van der Waals surface area contributed by atoms with Crippen LogP contribution in [-0.4, -0.2) is 25.2 Å². The van der Waals surface area contributed by atoms with Crippen LogP contribution in [0.15, 0.2) is 54.6 Å². The molecule has 0 radical (unpaired) electrons. The first-order valence-electron chi connectivity index (χ1n) is 6.77. The van der Waals surface area contributed by atoms with E-state index in [-0.39, 0.29) is 0 Å². The monoisotopic (exact) mass is 281 g/mol. The Morgan fingerprint density at radius 2 is 1.81 bits per heavy atom. The van der Waals surface area contributed by atoms with Crippen molar-refractivity contribution >= 4 is 17.2 Å². The van der Waals surface area contributed by atoms with Crippen LogP contribution in [0.1, 0.15) is 12.5 Å². The van der Waals surface area contributed by atoms with Crippen LogP contribution in [0.5, 0.6) is 0 Å². The molecule has 0 unspecified atom stereocenters. The number of carbonyl (C=O) groups is 1. The molecule has 0 heterocycles. The van der Waals surface area contributed by atoms with Gasteiger partial charge in [0.2, 0.25) is 0 Å². The maximum absolute atomic E-state index is 10.8. The molecule has 0 atom stereocenters. The summed E-state index contributed by atoms with van der Waals surface area (Å²) >= 11 is 0. The third-order valence-electron chi connectivity index (χ3n) is 3.35. The fourth-order valence-corrected chi connectivity index (χ4v) is 2.31. The molecule has 3 heteroatoms. The van der Waals surface area contributed by atoms with Crippen molar-refractivity contribution in [3.63, 3.8) is 0 Å². The van der Waals surface area contributed by atoms with Crippen molar-refractivity contribution in [2.75, 3.05) is 19.0 Å². The molecule has 0 aliphatic heterocycles. The second-order valence-corrected chi connectivity index (χ2v) is 5.16. The zero-order valence-corrected chi connectivity index (χ0v) is 12.5. The van der Waals surface area contributed by atoms with E-state index in [0.29, 0.717) is 0 Å². The zero-order valence-electron chi connectivity index (χ0n) is 12.5. The first-order valence-corrected chi connectivity index (χ1v) is 6.77. The standard InChI is InChI=1S/C18H19NO2/c1-13(11-18(20)21)14-7-6-8-15(12-14)16-9-4-5-10-17(16)19(2)3/h4-12H,1-3H3,(H,20,21)/b13-11+. The van der Waals surface area contributed by atoms with E-state index in [9.17, 15) is 4.79 Å². The van der Waals surface area contributed by atoms with Crippen LogP contribution in [0.4, 0.5) is 5.69 Å². The lowest BCUT2D eigenvalue weighted by atomic mass is 9.98. The maximum Gasteiger partial charge on any atom is 0.328 e. The molecule has 0 aromatic heterocycles. The normalized spacial score (nSPS) is 11.3. The Bertz CT molecular complexity index is 687. The second-order valence-electron chi connectivity index (χ2n) is 5.16. The molecule has 0 aliphatic rings. The number of rotatable bonds is 4. The molecular formula is C18H19NO2. The van der Waals surface area contributed by atoms with Gasteiger partial charge in [-0.1, -0.05) is 36.4 Å². The van der Waals surface area contributed by atoms with Crippen LogP contribution < -0.4 is 4.90 Å². The van der Waals surface area contributed by atoms with Crippen molar-refractivity contribution in [3.05, 3.63) is 60.2 Å². The average Bonchev–Trinajstić information content (AvgIpc) is 2.46. The minimum absolute atomic E-state index is 0.742. The van der Waals surface area contributed by atoms with Crippen LogP contribution in [0, 0.1) is 0 Å². The number of hydrogen-bond donors (Lipinski definition) is 1. The summed E-state index contributed by atoms with van der Waals surface area (Å²) in [6.07, 6.45) is 1.23. The van der Waals surface area contributed by atoms with Gasteiger partial charge in [0.25, 0.3) is 0 Å². The predicted molar refractivity (Wildman–Crippen MR) is 87.5 cm³/mol. The van der Waals surface area contributed by atoms with Gasteiger partial charge >= 0.3 is 5.97 Å². The summed E-state index contributed by atoms with van der Waals surface area (Å²) < 4.78 is 0. The predicted octanol–water partition coefficient (Wildman–Crippen LogP) is 3.91. The highest BCUT2D eigenvalue weighted by Crippen LogP contribution is 2.31. The van der Waals surface area contributed by atoms with Crippen LogP contribution in [-0.2, 0) is 4.79 Å². The SMILES string of the molecule is C/C(=C\C(=O)O)c1cccc(-c2ccccc2N(C)C)c1. The number of allylic oxidation sites excluding steroid dienone is 1. The summed E-state index contributed by atoms with van der Waals surface area (Å²) in [5.41, 5.74) is 5.01. The van der Waals surface area contributed by atoms with E-state index in [1.165, 1.54) is 6.08 Å². The van der Waals surface area contributed by atoms with Crippen LogP contribution in [0.25, 0.3) is 16.7 Å². The molecule has 2 aromatic carbocycles. The third kappa shape index (κ3) is 3.51. The number of benzene rings is 2. The van der Waals surface area contributed by atoms with Crippen molar-refractivity contribution in [2.45, 2.75) is 6.92 Å². The molecule has 108 valence electrons. The first kappa shape index (κ1) is 14.9. The molecule has 0 saturated heterocycles. The van der Waals surface area contributed by atoms with Crippen LogP contribution >= 0.6 is 0 Å². The summed E-state index contributed by atoms with van der Waals surface area (Å²) in [6, 6.07) is 16.1. The second kappa shape index (κ2) is 6.27. The van der Waals surface area contributed by atoms with Gasteiger partial charge in [-0.25, -0.2) is 4.79 Å². The van der Waals surface area contributed by atoms with Gasteiger partial charge < -0.3 is 10.0 Å². The Morgan fingerprint density at radius 1 is 1.10 bits per heavy atom. The van der Waals surface area contributed by atoms with Crippen molar-refractivity contribution in [1.29, 1.82) is 0 Å². The minimum atomic E-state index is -0.924. The quantitative estimate of drug-likeness (QED) is 0.864. The summed E-state index contributed by atoms with van der Waals surface area (Å²) in [6.45, 7) is 1.81. The average molecular weight is 281 g/mol. The van der Waals surface area contributed by atoms with Crippen molar-refractivity contribution in [1.82, 2.24) is 0 Å². The molecule has 3 nitrogen and oxygen atoms in total. The fourth-order valence-electron chi connectivity index (χ4n) is 2.31. The molecule has 0 aliphatic carbocycles. The van der Waals surface area contributed by atoms with Gasteiger partial charge in [0, 0.05) is 31.4 Å². The Labute approximate surface area is 125 Å². The number of anilines is 1. The minimum Gasteiger partial charge on any atom is -0.478 e. The van der Waals surface area contributed by atoms with Gasteiger partial charge in [-0.05, 0) is 35.8 Å². The van der Waals surface area contributed by atoms with Crippen LogP contribution in [0.3, 0.4) is 0 Å². The van der Waals surface area contributed by atoms with E-state index in [4.69, 9.17) is 5.11 Å². The topological polar surface area (TPSA) is 40.5 Å². The molecule has 0 spiro atoms. The Morgan fingerprint density at radius 3 is 2.48 bits per heavy atom. The number of carboxylic acid groups (broad SMARTS) is 1. The van der Waals surface area contributed by atoms with Crippen LogP contribution in [0.2, 0.25) is 0 Å². The lowest BCUT2D eigenvalue weighted by Gasteiger charge is -2.18. The number of para-hydroxylation sites is 1. The van der Waals surface area contributed by atoms with Crippen molar-refractivity contribution < 1.29 is 9.90 Å². The van der Waals surface area contributed by atoms with E-state index in [1.54, 1.807) is 0 Å². The van der Waals surface area contributed by atoms with Crippen molar-refractivity contribution in [3.8, 4) is 11.1 Å². The molecule has 21 heavy (non-hydrogen) atoms. The Kier molecular flexibility index (Phi) is 4.43. The van der Waals surface area contributed by atoms with E-state index in [1.807, 2.05) is 57.4 Å². The van der Waals surface area contributed by atoms with Gasteiger partial charge in [-0.15, -0.1) is 0 Å². The highest BCUT2D eigenvalue weighted by molar-refractivity contribution is 5.90. The van der Waals surface area contributed by atoms with E-state index in [2.05, 4.69) is 17.0 Å². The van der Waals surface area contributed by atoms with Gasteiger partial charge in [-0.2, -0.15) is 0 Å². The van der Waals surface area contributed by atoms with Gasteiger partial charge in [0.15, 0.2) is 0 Å². The molecular weight excluding hydrogens is 262 g/mol. The molecule has 0 amide bonds. The van der Waals surface area contributed by atoms with Gasteiger partial charge in [0.1, 0.15) is 0 Å². The molecule has 0 bridgehead atoms. The number of aliphatic carboxylic acids is 1.